The highest BCUT2D eigenvalue weighted by Crippen LogP contribution is 2.23. The van der Waals surface area contributed by atoms with Crippen LogP contribution < -0.4 is 0 Å². The third kappa shape index (κ3) is 3.95. The number of hydrogen-bond donors (Lipinski definition) is 0. The van der Waals surface area contributed by atoms with Crippen LogP contribution in [-0.2, 0) is 14.3 Å². The zero-order valence-corrected chi connectivity index (χ0v) is 14.9. The molecule has 1 aromatic rings. The van der Waals surface area contributed by atoms with Crippen LogP contribution in [0, 0.1) is 13.8 Å². The summed E-state index contributed by atoms with van der Waals surface area (Å²) < 4.78 is 13.3. The maximum Gasteiger partial charge on any atom is 0.251 e. The topological polar surface area (TPSA) is 69.5 Å². The standard InChI is InChI=1S/C17H28N4O3/c1-12(24-11-16-7-5-9-23-16)17(22)20-8-4-6-15(10-20)21-14(3)18-13(2)19-21/h12,15-16H,4-11H2,1-3H3. The van der Waals surface area contributed by atoms with Crippen molar-refractivity contribution < 1.29 is 14.3 Å². The molecule has 3 heterocycles. The predicted octanol–water partition coefficient (Wildman–Crippen LogP) is 1.64. The third-order valence-corrected chi connectivity index (χ3v) is 4.87. The molecule has 3 rings (SSSR count). The lowest BCUT2D eigenvalue weighted by atomic mass is 10.1. The number of carbonyl (C=O) groups is 1. The lowest BCUT2D eigenvalue weighted by molar-refractivity contribution is -0.146. The second-order valence-electron chi connectivity index (χ2n) is 6.84. The summed E-state index contributed by atoms with van der Waals surface area (Å²) in [6.07, 6.45) is 3.84. The Labute approximate surface area is 143 Å². The zero-order valence-electron chi connectivity index (χ0n) is 14.9. The number of ether oxygens (including phenoxy) is 2. The van der Waals surface area contributed by atoms with Crippen molar-refractivity contribution in [3.05, 3.63) is 11.6 Å². The SMILES string of the molecule is Cc1nc(C)n(C2CCCN(C(=O)C(C)OCC3CCCO3)C2)n1. The van der Waals surface area contributed by atoms with Gasteiger partial charge in [0.05, 0.1) is 18.8 Å². The van der Waals surface area contributed by atoms with Gasteiger partial charge in [0.1, 0.15) is 17.8 Å². The van der Waals surface area contributed by atoms with Crippen molar-refractivity contribution >= 4 is 5.91 Å². The van der Waals surface area contributed by atoms with Gasteiger partial charge in [-0.2, -0.15) is 5.10 Å². The zero-order chi connectivity index (χ0) is 17.1. The first-order valence-electron chi connectivity index (χ1n) is 8.96. The van der Waals surface area contributed by atoms with Gasteiger partial charge in [0.15, 0.2) is 0 Å². The fraction of sp³-hybridized carbons (Fsp3) is 0.824. The molecule has 0 saturated carbocycles. The van der Waals surface area contributed by atoms with E-state index in [0.29, 0.717) is 13.2 Å². The van der Waals surface area contributed by atoms with Crippen molar-refractivity contribution in [1.82, 2.24) is 19.7 Å². The highest BCUT2D eigenvalue weighted by atomic mass is 16.5. The lowest BCUT2D eigenvalue weighted by Crippen LogP contribution is -2.46. The summed E-state index contributed by atoms with van der Waals surface area (Å²) in [7, 11) is 0. The fourth-order valence-electron chi connectivity index (χ4n) is 3.59. The van der Waals surface area contributed by atoms with Crippen molar-refractivity contribution in [2.24, 2.45) is 0 Å². The van der Waals surface area contributed by atoms with Gasteiger partial charge in [-0.25, -0.2) is 9.67 Å². The van der Waals surface area contributed by atoms with Crippen LogP contribution >= 0.6 is 0 Å². The maximum atomic E-state index is 12.7. The molecule has 0 radical (unpaired) electrons. The molecule has 0 spiro atoms. The number of aromatic nitrogens is 3. The van der Waals surface area contributed by atoms with Gasteiger partial charge in [-0.1, -0.05) is 0 Å². The molecular weight excluding hydrogens is 308 g/mol. The molecule has 1 amide bonds. The molecule has 0 aromatic carbocycles. The molecule has 24 heavy (non-hydrogen) atoms. The summed E-state index contributed by atoms with van der Waals surface area (Å²) in [5.41, 5.74) is 0. The molecule has 2 saturated heterocycles. The van der Waals surface area contributed by atoms with Gasteiger partial charge < -0.3 is 14.4 Å². The Bertz CT molecular complexity index is 568. The van der Waals surface area contributed by atoms with E-state index in [2.05, 4.69) is 10.1 Å². The minimum atomic E-state index is -0.425. The Morgan fingerprint density at radius 1 is 1.38 bits per heavy atom. The van der Waals surface area contributed by atoms with Gasteiger partial charge in [-0.3, -0.25) is 4.79 Å². The first-order valence-corrected chi connectivity index (χ1v) is 8.96. The summed E-state index contributed by atoms with van der Waals surface area (Å²) in [6, 6.07) is 0.203. The van der Waals surface area contributed by atoms with E-state index in [4.69, 9.17) is 9.47 Å². The molecular formula is C17H28N4O3. The summed E-state index contributed by atoms with van der Waals surface area (Å²) in [4.78, 5) is 19.0. The number of amides is 1. The lowest BCUT2D eigenvalue weighted by Gasteiger charge is -2.34. The summed E-state index contributed by atoms with van der Waals surface area (Å²) in [5.74, 6) is 1.76. The van der Waals surface area contributed by atoms with Crippen molar-refractivity contribution in [1.29, 1.82) is 0 Å². The third-order valence-electron chi connectivity index (χ3n) is 4.87. The number of carbonyl (C=O) groups excluding carboxylic acids is 1. The van der Waals surface area contributed by atoms with E-state index in [1.54, 1.807) is 0 Å². The van der Waals surface area contributed by atoms with Gasteiger partial charge in [0, 0.05) is 19.7 Å². The van der Waals surface area contributed by atoms with Crippen molar-refractivity contribution in [2.75, 3.05) is 26.3 Å². The van der Waals surface area contributed by atoms with Crippen molar-refractivity contribution in [2.45, 2.75) is 64.7 Å². The molecule has 2 aliphatic rings. The molecule has 0 aliphatic carbocycles. The Hall–Kier alpha value is -1.47. The Balaban J connectivity index is 1.55. The van der Waals surface area contributed by atoms with Gasteiger partial charge in [-0.05, 0) is 46.5 Å². The van der Waals surface area contributed by atoms with E-state index in [1.165, 1.54) is 0 Å². The van der Waals surface area contributed by atoms with Crippen LogP contribution in [0.5, 0.6) is 0 Å². The smallest absolute Gasteiger partial charge is 0.251 e. The first-order chi connectivity index (χ1) is 11.5. The molecule has 7 nitrogen and oxygen atoms in total. The van der Waals surface area contributed by atoms with E-state index in [9.17, 15) is 4.79 Å². The summed E-state index contributed by atoms with van der Waals surface area (Å²) >= 11 is 0. The van der Waals surface area contributed by atoms with E-state index in [1.807, 2.05) is 30.4 Å². The second-order valence-corrected chi connectivity index (χ2v) is 6.84. The van der Waals surface area contributed by atoms with Crippen LogP contribution in [0.25, 0.3) is 0 Å². The van der Waals surface area contributed by atoms with Crippen LogP contribution in [0.1, 0.15) is 50.3 Å². The maximum absolute atomic E-state index is 12.7. The Kier molecular flexibility index (Phi) is 5.50. The number of likely N-dealkylation sites (tertiary alicyclic amines) is 1. The second kappa shape index (κ2) is 7.61. The first kappa shape index (κ1) is 17.4. The minimum absolute atomic E-state index is 0.0622. The average Bonchev–Trinajstić information content (AvgIpc) is 3.21. The fourth-order valence-corrected chi connectivity index (χ4v) is 3.59. The molecule has 2 aliphatic heterocycles. The van der Waals surface area contributed by atoms with Gasteiger partial charge in [0.2, 0.25) is 0 Å². The van der Waals surface area contributed by atoms with Crippen LogP contribution in [0.15, 0.2) is 0 Å². The highest BCUT2D eigenvalue weighted by Gasteiger charge is 2.30. The van der Waals surface area contributed by atoms with Crippen molar-refractivity contribution in [3.8, 4) is 0 Å². The van der Waals surface area contributed by atoms with E-state index in [0.717, 1.165) is 50.5 Å². The quantitative estimate of drug-likeness (QED) is 0.818. The van der Waals surface area contributed by atoms with Crippen LogP contribution in [0.2, 0.25) is 0 Å². The molecule has 3 atom stereocenters. The number of hydrogen-bond acceptors (Lipinski definition) is 5. The van der Waals surface area contributed by atoms with Crippen LogP contribution in [0.4, 0.5) is 0 Å². The van der Waals surface area contributed by atoms with E-state index in [-0.39, 0.29) is 18.1 Å². The van der Waals surface area contributed by atoms with Gasteiger partial charge in [-0.15, -0.1) is 0 Å². The van der Waals surface area contributed by atoms with Gasteiger partial charge >= 0.3 is 0 Å². The largest absolute Gasteiger partial charge is 0.376 e. The monoisotopic (exact) mass is 336 g/mol. The number of rotatable bonds is 5. The molecule has 2 fully saturated rings. The minimum Gasteiger partial charge on any atom is -0.376 e. The van der Waals surface area contributed by atoms with E-state index < -0.39 is 6.10 Å². The summed E-state index contributed by atoms with van der Waals surface area (Å²) in [6.45, 7) is 8.48. The van der Waals surface area contributed by atoms with Crippen LogP contribution in [-0.4, -0.2) is 64.1 Å². The highest BCUT2D eigenvalue weighted by molar-refractivity contribution is 5.80. The van der Waals surface area contributed by atoms with Crippen LogP contribution in [0.3, 0.4) is 0 Å². The Morgan fingerprint density at radius 2 is 2.21 bits per heavy atom. The van der Waals surface area contributed by atoms with Gasteiger partial charge in [0.25, 0.3) is 5.91 Å². The molecule has 1 aromatic heterocycles. The molecule has 134 valence electrons. The molecule has 0 bridgehead atoms. The average molecular weight is 336 g/mol. The Morgan fingerprint density at radius 3 is 2.88 bits per heavy atom. The number of aryl methyl sites for hydroxylation is 2. The predicted molar refractivity (Wildman–Crippen MR) is 88.7 cm³/mol. The molecule has 7 heteroatoms. The molecule has 3 unspecified atom stereocenters. The normalized spacial score (nSPS) is 25.9. The van der Waals surface area contributed by atoms with Crippen molar-refractivity contribution in [3.63, 3.8) is 0 Å². The number of piperidine rings is 1. The summed E-state index contributed by atoms with van der Waals surface area (Å²) in [5, 5.41) is 4.48. The van der Waals surface area contributed by atoms with E-state index >= 15 is 0 Å². The molecule has 0 N–H and O–H groups in total. The number of nitrogens with zero attached hydrogens (tertiary/aromatic N) is 4.